The van der Waals surface area contributed by atoms with Crippen molar-refractivity contribution in [2.45, 2.75) is 39.0 Å². The van der Waals surface area contributed by atoms with Crippen LogP contribution in [-0.4, -0.2) is 24.3 Å². The molecule has 0 bridgehead atoms. The Kier molecular flexibility index (Phi) is 3.80. The van der Waals surface area contributed by atoms with Crippen molar-refractivity contribution in [3.63, 3.8) is 0 Å². The summed E-state index contributed by atoms with van der Waals surface area (Å²) in [5, 5.41) is 3.29. The lowest BCUT2D eigenvalue weighted by Gasteiger charge is -2.11. The number of rotatable bonds is 4. The lowest BCUT2D eigenvalue weighted by molar-refractivity contribution is -0.117. The molecule has 0 spiro atoms. The standard InChI is InChI=1S/C15H17NO4S/c1-2-20-15(19)11-9-4-3-5-10(17)12(9)21-14(11)16-13(18)8-6-7-8/h8H,2-7H2,1H3,(H,16,18). The highest BCUT2D eigenvalue weighted by molar-refractivity contribution is 7.18. The fourth-order valence-electron chi connectivity index (χ4n) is 2.53. The monoisotopic (exact) mass is 307 g/mol. The number of esters is 1. The Morgan fingerprint density at radius 2 is 2.10 bits per heavy atom. The van der Waals surface area contributed by atoms with E-state index in [2.05, 4.69) is 5.32 Å². The van der Waals surface area contributed by atoms with Crippen LogP contribution in [0.15, 0.2) is 0 Å². The lowest BCUT2D eigenvalue weighted by atomic mass is 9.94. The third kappa shape index (κ3) is 2.72. The van der Waals surface area contributed by atoms with Crippen molar-refractivity contribution in [2.75, 3.05) is 11.9 Å². The molecule has 2 aliphatic rings. The van der Waals surface area contributed by atoms with Crippen molar-refractivity contribution in [3.05, 3.63) is 16.0 Å². The van der Waals surface area contributed by atoms with Gasteiger partial charge in [0.1, 0.15) is 5.00 Å². The maximum Gasteiger partial charge on any atom is 0.341 e. The Balaban J connectivity index is 1.98. The highest BCUT2D eigenvalue weighted by atomic mass is 32.1. The zero-order valence-corrected chi connectivity index (χ0v) is 12.7. The third-order valence-corrected chi connectivity index (χ3v) is 4.94. The largest absolute Gasteiger partial charge is 0.462 e. The molecule has 0 radical (unpaired) electrons. The number of amides is 1. The van der Waals surface area contributed by atoms with E-state index in [-0.39, 0.29) is 24.2 Å². The average molecular weight is 307 g/mol. The molecule has 1 heterocycles. The number of carbonyl (C=O) groups is 3. The van der Waals surface area contributed by atoms with Crippen LogP contribution in [0, 0.1) is 5.92 Å². The first-order valence-electron chi connectivity index (χ1n) is 7.28. The second kappa shape index (κ2) is 5.60. The number of Topliss-reactive ketones (excluding diaryl/α,β-unsaturated/α-hetero) is 1. The Hall–Kier alpha value is -1.69. The Bertz CT molecular complexity index is 615. The molecule has 1 saturated carbocycles. The van der Waals surface area contributed by atoms with Crippen LogP contribution in [0.3, 0.4) is 0 Å². The van der Waals surface area contributed by atoms with Gasteiger partial charge >= 0.3 is 5.97 Å². The summed E-state index contributed by atoms with van der Waals surface area (Å²) in [5.41, 5.74) is 1.14. The van der Waals surface area contributed by atoms with Gasteiger partial charge in [-0.2, -0.15) is 0 Å². The number of ether oxygens (including phenoxy) is 1. The number of thiophene rings is 1. The fourth-order valence-corrected chi connectivity index (χ4v) is 3.74. The topological polar surface area (TPSA) is 72.5 Å². The molecule has 21 heavy (non-hydrogen) atoms. The molecular weight excluding hydrogens is 290 g/mol. The molecule has 1 fully saturated rings. The van der Waals surface area contributed by atoms with Gasteiger partial charge in [0.15, 0.2) is 5.78 Å². The summed E-state index contributed by atoms with van der Waals surface area (Å²) >= 11 is 1.22. The molecule has 0 unspecified atom stereocenters. The minimum absolute atomic E-state index is 0.0508. The number of nitrogens with one attached hydrogen (secondary N) is 1. The molecule has 0 aromatic carbocycles. The molecule has 5 nitrogen and oxygen atoms in total. The molecule has 0 saturated heterocycles. The predicted molar refractivity (Wildman–Crippen MR) is 78.9 cm³/mol. The molecule has 1 aromatic rings. The summed E-state index contributed by atoms with van der Waals surface area (Å²) in [6, 6.07) is 0. The van der Waals surface area contributed by atoms with Gasteiger partial charge in [-0.05, 0) is 38.2 Å². The Labute approximate surface area is 126 Å². The first-order valence-corrected chi connectivity index (χ1v) is 8.10. The highest BCUT2D eigenvalue weighted by Crippen LogP contribution is 2.40. The summed E-state index contributed by atoms with van der Waals surface area (Å²) in [5.74, 6) is -0.406. The first-order chi connectivity index (χ1) is 10.1. The van der Waals surface area contributed by atoms with Crippen molar-refractivity contribution in [1.29, 1.82) is 0 Å². The zero-order chi connectivity index (χ0) is 15.0. The van der Waals surface area contributed by atoms with Gasteiger partial charge in [0.25, 0.3) is 0 Å². The van der Waals surface area contributed by atoms with Crippen molar-refractivity contribution >= 4 is 34.0 Å². The molecular formula is C15H17NO4S. The van der Waals surface area contributed by atoms with Gasteiger partial charge in [0.2, 0.25) is 5.91 Å². The molecule has 1 aromatic heterocycles. The Morgan fingerprint density at radius 1 is 1.33 bits per heavy atom. The van der Waals surface area contributed by atoms with Crippen LogP contribution in [-0.2, 0) is 16.0 Å². The minimum Gasteiger partial charge on any atom is -0.462 e. The van der Waals surface area contributed by atoms with Crippen molar-refractivity contribution in [2.24, 2.45) is 5.92 Å². The van der Waals surface area contributed by atoms with Gasteiger partial charge in [-0.3, -0.25) is 9.59 Å². The summed E-state index contributed by atoms with van der Waals surface area (Å²) in [4.78, 5) is 36.8. The lowest BCUT2D eigenvalue weighted by Crippen LogP contribution is -2.17. The molecule has 112 valence electrons. The molecule has 2 aliphatic carbocycles. The van der Waals surface area contributed by atoms with Crippen LogP contribution in [0.2, 0.25) is 0 Å². The third-order valence-electron chi connectivity index (χ3n) is 3.76. The van der Waals surface area contributed by atoms with Gasteiger partial charge in [-0.25, -0.2) is 4.79 Å². The summed E-state index contributed by atoms with van der Waals surface area (Å²) in [7, 11) is 0. The number of anilines is 1. The van der Waals surface area contributed by atoms with E-state index in [0.29, 0.717) is 28.3 Å². The minimum atomic E-state index is -0.448. The van der Waals surface area contributed by atoms with E-state index >= 15 is 0 Å². The number of hydrogen-bond donors (Lipinski definition) is 1. The summed E-state index contributed by atoms with van der Waals surface area (Å²) < 4.78 is 5.09. The number of carbonyl (C=O) groups excluding carboxylic acids is 3. The van der Waals surface area contributed by atoms with Crippen LogP contribution < -0.4 is 5.32 Å². The van der Waals surface area contributed by atoms with Gasteiger partial charge in [0, 0.05) is 12.3 Å². The normalized spacial score (nSPS) is 17.3. The summed E-state index contributed by atoms with van der Waals surface area (Å²) in [6.07, 6.45) is 3.72. The second-order valence-electron chi connectivity index (χ2n) is 5.37. The van der Waals surface area contributed by atoms with E-state index in [1.807, 2.05) is 0 Å². The number of fused-ring (bicyclic) bond motifs is 1. The average Bonchev–Trinajstić information content (AvgIpc) is 3.22. The van der Waals surface area contributed by atoms with E-state index in [4.69, 9.17) is 4.74 Å². The van der Waals surface area contributed by atoms with E-state index in [0.717, 1.165) is 24.8 Å². The number of ketones is 1. The van der Waals surface area contributed by atoms with Crippen LogP contribution in [0.4, 0.5) is 5.00 Å². The quantitative estimate of drug-likeness (QED) is 0.868. The predicted octanol–water partition coefficient (Wildman–Crippen LogP) is 2.79. The van der Waals surface area contributed by atoms with Gasteiger partial charge in [-0.1, -0.05) is 0 Å². The zero-order valence-electron chi connectivity index (χ0n) is 11.9. The fraction of sp³-hybridized carbons (Fsp3) is 0.533. The molecule has 0 aliphatic heterocycles. The summed E-state index contributed by atoms with van der Waals surface area (Å²) in [6.45, 7) is 2.01. The van der Waals surface area contributed by atoms with Crippen LogP contribution in [0.25, 0.3) is 0 Å². The van der Waals surface area contributed by atoms with Crippen molar-refractivity contribution in [3.8, 4) is 0 Å². The first kappa shape index (κ1) is 14.3. The van der Waals surface area contributed by atoms with E-state index < -0.39 is 5.97 Å². The van der Waals surface area contributed by atoms with Crippen LogP contribution >= 0.6 is 11.3 Å². The van der Waals surface area contributed by atoms with Crippen molar-refractivity contribution < 1.29 is 19.1 Å². The van der Waals surface area contributed by atoms with Crippen LogP contribution in [0.1, 0.15) is 58.2 Å². The molecule has 1 amide bonds. The van der Waals surface area contributed by atoms with E-state index in [1.54, 1.807) is 6.92 Å². The number of hydrogen-bond acceptors (Lipinski definition) is 5. The SMILES string of the molecule is CCOC(=O)c1c(NC(=O)C2CC2)sc2c1CCCC2=O. The van der Waals surface area contributed by atoms with E-state index in [9.17, 15) is 14.4 Å². The molecule has 0 atom stereocenters. The Morgan fingerprint density at radius 3 is 2.76 bits per heavy atom. The van der Waals surface area contributed by atoms with Gasteiger partial charge in [0.05, 0.1) is 17.0 Å². The van der Waals surface area contributed by atoms with Gasteiger partial charge < -0.3 is 10.1 Å². The smallest absolute Gasteiger partial charge is 0.341 e. The maximum atomic E-state index is 12.2. The van der Waals surface area contributed by atoms with E-state index in [1.165, 1.54) is 11.3 Å². The molecule has 3 rings (SSSR count). The molecule has 6 heteroatoms. The highest BCUT2D eigenvalue weighted by Gasteiger charge is 2.34. The second-order valence-corrected chi connectivity index (χ2v) is 6.40. The molecule has 1 N–H and O–H groups in total. The van der Waals surface area contributed by atoms with Gasteiger partial charge in [-0.15, -0.1) is 11.3 Å². The van der Waals surface area contributed by atoms with Crippen LogP contribution in [0.5, 0.6) is 0 Å². The van der Waals surface area contributed by atoms with Crippen molar-refractivity contribution in [1.82, 2.24) is 0 Å². The maximum absolute atomic E-state index is 12.2.